The Morgan fingerprint density at radius 3 is 1.89 bits per heavy atom. The van der Waals surface area contributed by atoms with Crippen LogP contribution < -0.4 is 14.5 Å². The van der Waals surface area contributed by atoms with Crippen molar-refractivity contribution < 1.29 is 29.0 Å². The summed E-state index contributed by atoms with van der Waals surface area (Å²) in [6, 6.07) is 19.3. The Labute approximate surface area is 267 Å². The fourth-order valence-electron chi connectivity index (χ4n) is 8.03. The van der Waals surface area contributed by atoms with E-state index in [1.54, 1.807) is 66.7 Å². The maximum atomic E-state index is 14.3. The highest BCUT2D eigenvalue weighted by atomic mass is 16.5. The molecule has 8 heteroatoms. The van der Waals surface area contributed by atoms with E-state index in [0.717, 1.165) is 16.7 Å². The van der Waals surface area contributed by atoms with Crippen LogP contribution in [-0.4, -0.2) is 35.3 Å². The second-order valence-electron chi connectivity index (χ2n) is 12.3. The number of hydrogen-bond donors (Lipinski definition) is 1. The predicted octanol–water partition coefficient (Wildman–Crippen LogP) is 6.12. The topological polar surface area (TPSA) is 104 Å². The second-order valence-corrected chi connectivity index (χ2v) is 12.3. The second kappa shape index (κ2) is 11.3. The number of carbonyl (C=O) groups excluding carboxylic acids is 4. The van der Waals surface area contributed by atoms with Gasteiger partial charge in [0.15, 0.2) is 11.5 Å². The average molecular weight is 615 g/mol. The van der Waals surface area contributed by atoms with Crippen LogP contribution >= 0.6 is 0 Å². The van der Waals surface area contributed by atoms with Gasteiger partial charge in [-0.15, -0.1) is 0 Å². The standard InChI is InChI=1S/C38H34N2O6/c1-4-21-10-14-23(15-11-21)39-35(42)27-19-18-25-28(32(27)37(39)44)20-29-33(31(25)26-8-7-9-30(34(26)41)46-6-3)38(45)40(36(29)43)24-16-12-22(5-2)13-17-24/h4-5,7-18,27-29,31-33,41H,1-2,6,19-20H2,3H3. The highest BCUT2D eigenvalue weighted by molar-refractivity contribution is 6.24. The number of nitrogens with zero attached hydrogens (tertiary/aromatic N) is 2. The van der Waals surface area contributed by atoms with E-state index >= 15 is 0 Å². The number of rotatable bonds is 7. The molecule has 1 N–H and O–H groups in total. The number of aromatic hydroxyl groups is 1. The number of amides is 4. The molecule has 3 aromatic rings. The van der Waals surface area contributed by atoms with E-state index in [0.29, 0.717) is 30.0 Å². The van der Waals surface area contributed by atoms with E-state index in [-0.39, 0.29) is 41.5 Å². The normalized spacial score (nSPS) is 26.8. The quantitative estimate of drug-likeness (QED) is 0.254. The highest BCUT2D eigenvalue weighted by Crippen LogP contribution is 2.59. The molecule has 1 saturated carbocycles. The first kappa shape index (κ1) is 29.5. The molecule has 4 aliphatic rings. The van der Waals surface area contributed by atoms with E-state index in [4.69, 9.17) is 4.74 Å². The van der Waals surface area contributed by atoms with Crippen molar-refractivity contribution in [2.75, 3.05) is 16.4 Å². The molecule has 0 radical (unpaired) electrons. The van der Waals surface area contributed by atoms with E-state index in [9.17, 15) is 24.3 Å². The Balaban J connectivity index is 1.33. The van der Waals surface area contributed by atoms with Gasteiger partial charge in [-0.3, -0.25) is 29.0 Å². The van der Waals surface area contributed by atoms with Gasteiger partial charge in [-0.05, 0) is 67.1 Å². The van der Waals surface area contributed by atoms with Gasteiger partial charge in [0.2, 0.25) is 23.6 Å². The van der Waals surface area contributed by atoms with Gasteiger partial charge in [0.25, 0.3) is 0 Å². The van der Waals surface area contributed by atoms with Crippen LogP contribution in [0.2, 0.25) is 0 Å². The molecule has 7 rings (SSSR count). The number of para-hydroxylation sites is 1. The van der Waals surface area contributed by atoms with Gasteiger partial charge < -0.3 is 9.84 Å². The first-order valence-electron chi connectivity index (χ1n) is 15.6. The molecule has 2 saturated heterocycles. The van der Waals surface area contributed by atoms with Crippen molar-refractivity contribution in [2.45, 2.75) is 25.7 Å². The molecule has 2 aliphatic heterocycles. The number of phenols is 1. The molecule has 3 aromatic carbocycles. The van der Waals surface area contributed by atoms with Crippen molar-refractivity contribution in [1.82, 2.24) is 0 Å². The summed E-state index contributed by atoms with van der Waals surface area (Å²) in [7, 11) is 0. The molecule has 0 bridgehead atoms. The van der Waals surface area contributed by atoms with Crippen LogP contribution in [0.25, 0.3) is 12.2 Å². The fraction of sp³-hybridized carbons (Fsp3) is 0.263. The van der Waals surface area contributed by atoms with Crippen LogP contribution in [0.4, 0.5) is 11.4 Å². The summed E-state index contributed by atoms with van der Waals surface area (Å²) in [6.07, 6.45) is 5.91. The number of allylic oxidation sites excluding steroid dienone is 2. The SMILES string of the molecule is C=Cc1ccc(N2C(=O)C3CC=C4C(CC5C(=O)N(c6ccc(C=C)cc6)C(=O)C5C4c4cccc(OCC)c4O)C3C2=O)cc1. The minimum atomic E-state index is -0.803. The molecule has 232 valence electrons. The van der Waals surface area contributed by atoms with Crippen LogP contribution in [0.5, 0.6) is 11.5 Å². The first-order chi connectivity index (χ1) is 22.3. The van der Waals surface area contributed by atoms with Gasteiger partial charge in [-0.2, -0.15) is 0 Å². The van der Waals surface area contributed by atoms with Gasteiger partial charge in [0.05, 0.1) is 41.7 Å². The van der Waals surface area contributed by atoms with Crippen LogP contribution in [0.15, 0.2) is 91.5 Å². The number of benzene rings is 3. The predicted molar refractivity (Wildman–Crippen MR) is 175 cm³/mol. The Kier molecular flexibility index (Phi) is 7.23. The molecule has 6 atom stereocenters. The smallest absolute Gasteiger partial charge is 0.238 e. The summed E-state index contributed by atoms with van der Waals surface area (Å²) in [5.41, 5.74) is 3.94. The summed E-state index contributed by atoms with van der Waals surface area (Å²) in [5, 5.41) is 11.5. The van der Waals surface area contributed by atoms with E-state index in [1.165, 1.54) is 9.80 Å². The van der Waals surface area contributed by atoms with Crippen LogP contribution in [-0.2, 0) is 19.2 Å². The maximum Gasteiger partial charge on any atom is 0.238 e. The Morgan fingerprint density at radius 2 is 1.33 bits per heavy atom. The Hall–Kier alpha value is -5.24. The third kappa shape index (κ3) is 4.35. The molecule has 6 unspecified atom stereocenters. The lowest BCUT2D eigenvalue weighted by atomic mass is 9.57. The summed E-state index contributed by atoms with van der Waals surface area (Å²) in [4.78, 5) is 59.0. The zero-order valence-electron chi connectivity index (χ0n) is 25.5. The van der Waals surface area contributed by atoms with E-state index < -0.39 is 35.5 Å². The van der Waals surface area contributed by atoms with Gasteiger partial charge in [0.1, 0.15) is 0 Å². The first-order valence-corrected chi connectivity index (χ1v) is 15.6. The van der Waals surface area contributed by atoms with Crippen molar-refractivity contribution in [2.24, 2.45) is 29.6 Å². The molecule has 4 amide bonds. The monoisotopic (exact) mass is 614 g/mol. The fourth-order valence-corrected chi connectivity index (χ4v) is 8.03. The molecular formula is C38H34N2O6. The number of ether oxygens (including phenoxy) is 1. The lowest BCUT2D eigenvalue weighted by Crippen LogP contribution is -2.43. The minimum Gasteiger partial charge on any atom is -0.504 e. The lowest BCUT2D eigenvalue weighted by molar-refractivity contribution is -0.126. The summed E-state index contributed by atoms with van der Waals surface area (Å²) in [5.74, 6) is -5.10. The molecule has 0 spiro atoms. The van der Waals surface area contributed by atoms with E-state index in [1.807, 2.05) is 25.1 Å². The third-order valence-electron chi connectivity index (χ3n) is 10.1. The van der Waals surface area contributed by atoms with Crippen molar-refractivity contribution in [1.29, 1.82) is 0 Å². The number of imide groups is 2. The Morgan fingerprint density at radius 1 is 0.761 bits per heavy atom. The molecule has 46 heavy (non-hydrogen) atoms. The molecule has 8 nitrogen and oxygen atoms in total. The van der Waals surface area contributed by atoms with Gasteiger partial charge >= 0.3 is 0 Å². The van der Waals surface area contributed by atoms with Gasteiger partial charge in [-0.1, -0.05) is 73.4 Å². The Bertz CT molecular complexity index is 1820. The number of carbonyl (C=O) groups is 4. The molecule has 2 heterocycles. The summed E-state index contributed by atoms with van der Waals surface area (Å²) in [6.45, 7) is 9.71. The molecule has 0 aromatic heterocycles. The lowest BCUT2D eigenvalue weighted by Gasteiger charge is -2.44. The number of fused-ring (bicyclic) bond motifs is 4. The third-order valence-corrected chi connectivity index (χ3v) is 10.1. The van der Waals surface area contributed by atoms with Crippen LogP contribution in [0.1, 0.15) is 42.4 Å². The van der Waals surface area contributed by atoms with Crippen LogP contribution in [0.3, 0.4) is 0 Å². The zero-order chi connectivity index (χ0) is 32.3. The molecule has 2 aliphatic carbocycles. The highest BCUT2D eigenvalue weighted by Gasteiger charge is 2.62. The van der Waals surface area contributed by atoms with Gasteiger partial charge in [-0.25, -0.2) is 0 Å². The summed E-state index contributed by atoms with van der Waals surface area (Å²) >= 11 is 0. The van der Waals surface area contributed by atoms with Crippen molar-refractivity contribution >= 4 is 47.2 Å². The van der Waals surface area contributed by atoms with Crippen molar-refractivity contribution in [3.05, 3.63) is 108 Å². The van der Waals surface area contributed by atoms with Crippen LogP contribution in [0, 0.1) is 29.6 Å². The summed E-state index contributed by atoms with van der Waals surface area (Å²) < 4.78 is 5.70. The minimum absolute atomic E-state index is 0.0939. The number of phenolic OH excluding ortho intramolecular Hbond substituents is 1. The van der Waals surface area contributed by atoms with E-state index in [2.05, 4.69) is 13.2 Å². The maximum absolute atomic E-state index is 14.3. The average Bonchev–Trinajstić information content (AvgIpc) is 3.48. The number of anilines is 2. The molecule has 3 fully saturated rings. The van der Waals surface area contributed by atoms with Crippen molar-refractivity contribution in [3.63, 3.8) is 0 Å². The zero-order valence-corrected chi connectivity index (χ0v) is 25.5. The molecular weight excluding hydrogens is 580 g/mol. The van der Waals surface area contributed by atoms with Crippen molar-refractivity contribution in [3.8, 4) is 11.5 Å². The van der Waals surface area contributed by atoms with Gasteiger partial charge in [0, 0.05) is 11.5 Å². The largest absolute Gasteiger partial charge is 0.504 e. The number of hydrogen-bond acceptors (Lipinski definition) is 6.